The standard InChI is InChI=1S/C18H30N4O3/c1-14(23)20-18(12-19)8-5-9-22(13-18)15-6-10-21(11-7-15)16(24)25-17(2,3)4/h15H,5-11,13H2,1-4H3,(H,20,23). The van der Waals surface area contributed by atoms with Crippen LogP contribution in [0.5, 0.6) is 0 Å². The van der Waals surface area contributed by atoms with E-state index in [2.05, 4.69) is 16.3 Å². The normalized spacial score (nSPS) is 26.0. The van der Waals surface area contributed by atoms with Crippen molar-refractivity contribution in [1.29, 1.82) is 5.26 Å². The van der Waals surface area contributed by atoms with Crippen LogP contribution in [-0.2, 0) is 9.53 Å². The SMILES string of the molecule is CC(=O)NC1(C#N)CCCN(C2CCN(C(=O)OC(C)(C)C)CC2)C1. The number of hydrogen-bond donors (Lipinski definition) is 1. The van der Waals surface area contributed by atoms with Gasteiger partial charge in [0.05, 0.1) is 6.07 Å². The van der Waals surface area contributed by atoms with Crippen LogP contribution in [0.1, 0.15) is 53.4 Å². The number of rotatable bonds is 2. The first-order valence-electron chi connectivity index (χ1n) is 9.06. The average Bonchev–Trinajstić information content (AvgIpc) is 2.53. The molecular formula is C18H30N4O3. The molecule has 2 heterocycles. The van der Waals surface area contributed by atoms with Crippen molar-refractivity contribution in [2.24, 2.45) is 0 Å². The zero-order chi connectivity index (χ0) is 18.7. The van der Waals surface area contributed by atoms with E-state index < -0.39 is 11.1 Å². The smallest absolute Gasteiger partial charge is 0.410 e. The molecule has 2 amide bonds. The van der Waals surface area contributed by atoms with E-state index in [1.807, 2.05) is 20.8 Å². The van der Waals surface area contributed by atoms with Gasteiger partial charge in [-0.15, -0.1) is 0 Å². The molecule has 140 valence electrons. The highest BCUT2D eigenvalue weighted by Gasteiger charge is 2.39. The summed E-state index contributed by atoms with van der Waals surface area (Å²) in [7, 11) is 0. The fourth-order valence-electron chi connectivity index (χ4n) is 3.70. The lowest BCUT2D eigenvalue weighted by atomic mass is 9.88. The monoisotopic (exact) mass is 350 g/mol. The highest BCUT2D eigenvalue weighted by Crippen LogP contribution is 2.27. The lowest BCUT2D eigenvalue weighted by molar-refractivity contribution is -0.121. The lowest BCUT2D eigenvalue weighted by Crippen LogP contribution is -2.60. The van der Waals surface area contributed by atoms with E-state index in [0.717, 1.165) is 25.8 Å². The molecule has 2 saturated heterocycles. The van der Waals surface area contributed by atoms with Crippen LogP contribution in [0.25, 0.3) is 0 Å². The molecule has 7 nitrogen and oxygen atoms in total. The predicted octanol–water partition coefficient (Wildman–Crippen LogP) is 1.88. The van der Waals surface area contributed by atoms with Gasteiger partial charge in [0.2, 0.25) is 5.91 Å². The third kappa shape index (κ3) is 5.33. The molecule has 1 N–H and O–H groups in total. The first-order valence-corrected chi connectivity index (χ1v) is 9.06. The summed E-state index contributed by atoms with van der Waals surface area (Å²) in [5.74, 6) is -0.164. The number of nitrogens with zero attached hydrogens (tertiary/aromatic N) is 3. The minimum atomic E-state index is -0.785. The second-order valence-electron chi connectivity index (χ2n) is 8.15. The minimum absolute atomic E-state index is 0.164. The molecule has 0 aliphatic carbocycles. The Kier molecular flexibility index (Phi) is 5.94. The molecule has 0 aromatic carbocycles. The molecule has 1 atom stereocenters. The Morgan fingerprint density at radius 1 is 1.24 bits per heavy atom. The molecular weight excluding hydrogens is 320 g/mol. The second kappa shape index (κ2) is 7.61. The van der Waals surface area contributed by atoms with E-state index in [4.69, 9.17) is 4.74 Å². The summed E-state index contributed by atoms with van der Waals surface area (Å²) in [5, 5.41) is 12.4. The average molecular weight is 350 g/mol. The zero-order valence-corrected chi connectivity index (χ0v) is 15.8. The second-order valence-corrected chi connectivity index (χ2v) is 8.15. The summed E-state index contributed by atoms with van der Waals surface area (Å²) >= 11 is 0. The van der Waals surface area contributed by atoms with Gasteiger partial charge in [0.15, 0.2) is 0 Å². The van der Waals surface area contributed by atoms with E-state index >= 15 is 0 Å². The molecule has 25 heavy (non-hydrogen) atoms. The largest absolute Gasteiger partial charge is 0.444 e. The van der Waals surface area contributed by atoms with Gasteiger partial charge in [-0.05, 0) is 53.0 Å². The summed E-state index contributed by atoms with van der Waals surface area (Å²) < 4.78 is 5.43. The van der Waals surface area contributed by atoms with Crippen molar-refractivity contribution in [1.82, 2.24) is 15.1 Å². The van der Waals surface area contributed by atoms with Gasteiger partial charge in [-0.2, -0.15) is 5.26 Å². The van der Waals surface area contributed by atoms with E-state index in [-0.39, 0.29) is 12.0 Å². The first kappa shape index (κ1) is 19.5. The van der Waals surface area contributed by atoms with E-state index in [9.17, 15) is 14.9 Å². The summed E-state index contributed by atoms with van der Waals surface area (Å²) in [5.41, 5.74) is -1.27. The Labute approximate surface area is 150 Å². The Hall–Kier alpha value is -1.81. The van der Waals surface area contributed by atoms with Gasteiger partial charge in [0, 0.05) is 32.6 Å². The summed E-state index contributed by atoms with van der Waals surface area (Å²) in [4.78, 5) is 27.7. The number of carbonyl (C=O) groups excluding carboxylic acids is 2. The van der Waals surface area contributed by atoms with Crippen molar-refractivity contribution in [3.8, 4) is 6.07 Å². The maximum Gasteiger partial charge on any atom is 0.410 e. The van der Waals surface area contributed by atoms with Gasteiger partial charge >= 0.3 is 6.09 Å². The Bertz CT molecular complexity index is 544. The van der Waals surface area contributed by atoms with Gasteiger partial charge < -0.3 is 15.0 Å². The molecule has 7 heteroatoms. The van der Waals surface area contributed by atoms with Crippen LogP contribution < -0.4 is 5.32 Å². The molecule has 2 aliphatic rings. The number of nitrogens with one attached hydrogen (secondary N) is 1. The molecule has 2 aliphatic heterocycles. The fourth-order valence-corrected chi connectivity index (χ4v) is 3.70. The maximum atomic E-state index is 12.2. The number of amides is 2. The highest BCUT2D eigenvalue weighted by atomic mass is 16.6. The quantitative estimate of drug-likeness (QED) is 0.822. The van der Waals surface area contributed by atoms with Crippen molar-refractivity contribution in [3.05, 3.63) is 0 Å². The minimum Gasteiger partial charge on any atom is -0.444 e. The molecule has 0 bridgehead atoms. The molecule has 0 radical (unpaired) electrons. The number of ether oxygens (including phenoxy) is 1. The first-order chi connectivity index (χ1) is 11.6. The van der Waals surface area contributed by atoms with Crippen LogP contribution in [0.4, 0.5) is 4.79 Å². The lowest BCUT2D eigenvalue weighted by Gasteiger charge is -2.45. The number of carbonyl (C=O) groups is 2. The molecule has 0 saturated carbocycles. The number of piperidine rings is 2. The van der Waals surface area contributed by atoms with Gasteiger partial charge in [-0.3, -0.25) is 9.69 Å². The van der Waals surface area contributed by atoms with Crippen LogP contribution in [0.15, 0.2) is 0 Å². The summed E-state index contributed by atoms with van der Waals surface area (Å²) in [6, 6.07) is 2.65. The molecule has 0 spiro atoms. The van der Waals surface area contributed by atoms with Gasteiger partial charge in [-0.25, -0.2) is 4.79 Å². The van der Waals surface area contributed by atoms with E-state index in [1.165, 1.54) is 6.92 Å². The van der Waals surface area contributed by atoms with Gasteiger partial charge in [0.1, 0.15) is 11.1 Å². The van der Waals surface area contributed by atoms with Crippen LogP contribution in [0, 0.1) is 11.3 Å². The van der Waals surface area contributed by atoms with Crippen molar-refractivity contribution < 1.29 is 14.3 Å². The Morgan fingerprint density at radius 3 is 2.40 bits per heavy atom. The molecule has 2 fully saturated rings. The third-order valence-corrected chi connectivity index (χ3v) is 4.78. The van der Waals surface area contributed by atoms with Crippen LogP contribution in [0.2, 0.25) is 0 Å². The third-order valence-electron chi connectivity index (χ3n) is 4.78. The van der Waals surface area contributed by atoms with Crippen molar-refractivity contribution in [3.63, 3.8) is 0 Å². The van der Waals surface area contributed by atoms with E-state index in [0.29, 0.717) is 32.1 Å². The van der Waals surface area contributed by atoms with Crippen LogP contribution in [-0.4, -0.2) is 65.2 Å². The molecule has 0 aromatic heterocycles. The maximum absolute atomic E-state index is 12.2. The summed E-state index contributed by atoms with van der Waals surface area (Å²) in [6.07, 6.45) is 3.05. The number of likely N-dealkylation sites (tertiary alicyclic amines) is 2. The Balaban J connectivity index is 1.91. The topological polar surface area (TPSA) is 85.7 Å². The molecule has 0 aromatic rings. The number of nitriles is 1. The van der Waals surface area contributed by atoms with Gasteiger partial charge in [-0.1, -0.05) is 0 Å². The molecule has 1 unspecified atom stereocenters. The van der Waals surface area contributed by atoms with Crippen molar-refractivity contribution in [2.45, 2.75) is 70.6 Å². The van der Waals surface area contributed by atoms with E-state index in [1.54, 1.807) is 4.90 Å². The number of hydrogen-bond acceptors (Lipinski definition) is 5. The van der Waals surface area contributed by atoms with Crippen molar-refractivity contribution >= 4 is 12.0 Å². The fraction of sp³-hybridized carbons (Fsp3) is 0.833. The van der Waals surface area contributed by atoms with Gasteiger partial charge in [0.25, 0.3) is 0 Å². The van der Waals surface area contributed by atoms with Crippen LogP contribution >= 0.6 is 0 Å². The molecule has 2 rings (SSSR count). The zero-order valence-electron chi connectivity index (χ0n) is 15.8. The highest BCUT2D eigenvalue weighted by molar-refractivity contribution is 5.74. The van der Waals surface area contributed by atoms with Crippen LogP contribution in [0.3, 0.4) is 0 Å². The van der Waals surface area contributed by atoms with Crippen molar-refractivity contribution in [2.75, 3.05) is 26.2 Å². The Morgan fingerprint density at radius 2 is 1.88 bits per heavy atom. The summed E-state index contributed by atoms with van der Waals surface area (Å²) in [6.45, 7) is 9.88. The predicted molar refractivity (Wildman–Crippen MR) is 93.8 cm³/mol.